The number of nitrogens with zero attached hydrogens (tertiary/aromatic N) is 1. The number of nitrogens with one attached hydrogen (secondary N) is 9. The van der Waals surface area contributed by atoms with Gasteiger partial charge in [-0.05, 0) is 137 Å². The summed E-state index contributed by atoms with van der Waals surface area (Å²) >= 11 is 3.06. The number of anilines is 6. The summed E-state index contributed by atoms with van der Waals surface area (Å²) in [6.45, 7) is 98.6. The normalized spacial score (nSPS) is 11.3. The molecule has 0 radical (unpaired) electrons. The van der Waals surface area contributed by atoms with E-state index in [0.717, 1.165) is 67.1 Å². The lowest BCUT2D eigenvalue weighted by Crippen LogP contribution is -2.20. The van der Waals surface area contributed by atoms with E-state index in [2.05, 4.69) is 181 Å². The van der Waals surface area contributed by atoms with Gasteiger partial charge < -0.3 is 36.6 Å². The lowest BCUT2D eigenvalue weighted by molar-refractivity contribution is 0.0877. The van der Waals surface area contributed by atoms with E-state index in [4.69, 9.17) is 4.74 Å². The van der Waals surface area contributed by atoms with Crippen molar-refractivity contribution in [1.29, 1.82) is 0 Å². The fraction of sp³-hybridized carbons (Fsp3) is 0.331. The molecule has 7 aliphatic heterocycles. The summed E-state index contributed by atoms with van der Waals surface area (Å²) < 4.78 is 22.8. The van der Waals surface area contributed by atoms with Crippen LogP contribution in [-0.4, -0.2) is 42.9 Å². The van der Waals surface area contributed by atoms with Crippen molar-refractivity contribution in [3.63, 3.8) is 0 Å². The predicted molar refractivity (Wildman–Crippen MR) is 655 cm³/mol. The molecule has 13 aromatic rings. The quantitative estimate of drug-likeness (QED) is 0.0390. The van der Waals surface area contributed by atoms with Crippen LogP contribution in [0.2, 0.25) is 0 Å². The van der Waals surface area contributed by atoms with Gasteiger partial charge in [-0.1, -0.05) is 502 Å². The molecule has 0 spiro atoms. The number of ether oxygens (including phenoxy) is 1. The number of H-pyrrole nitrogens is 1. The molecular weight excluding hydrogens is 1840 g/mol. The van der Waals surface area contributed by atoms with E-state index < -0.39 is 9.71 Å². The van der Waals surface area contributed by atoms with E-state index in [9.17, 15) is 28.2 Å². The number of carbonyl (C=O) groups excluding carboxylic acids is 4. The van der Waals surface area contributed by atoms with Crippen LogP contribution < -0.4 is 52.2 Å². The number of imide groups is 1. The lowest BCUT2D eigenvalue weighted by Gasteiger charge is -1.97. The molecular formula is C124H190N10O7S3. The van der Waals surface area contributed by atoms with Crippen LogP contribution in [-0.2, 0) is 16.1 Å². The summed E-state index contributed by atoms with van der Waals surface area (Å²) in [5, 5.41) is 27.5. The number of pyridine rings is 1. The Hall–Kier alpha value is -13.3. The van der Waals surface area contributed by atoms with Gasteiger partial charge in [0.25, 0.3) is 23.3 Å². The lowest BCUT2D eigenvalue weighted by atomic mass is 10.1. The maximum Gasteiger partial charge on any atom is 0.265 e. The van der Waals surface area contributed by atoms with Crippen molar-refractivity contribution in [3.8, 4) is 5.75 Å². The van der Waals surface area contributed by atoms with Gasteiger partial charge in [0.1, 0.15) is 5.82 Å². The molecule has 20 rings (SSSR count). The summed E-state index contributed by atoms with van der Waals surface area (Å²) in [6.07, 6.45) is 4.66. The van der Waals surface area contributed by atoms with Gasteiger partial charge in [-0.2, -0.15) is 0 Å². The number of Topliss-reactive ketones (excluding diaryl/α,β-unsaturated/α-hetero) is 1. The molecule has 0 aliphatic carbocycles. The Bertz CT molecular complexity index is 5040. The Balaban J connectivity index is -0.000000167. The van der Waals surface area contributed by atoms with Crippen LogP contribution in [0, 0.1) is 0 Å². The molecule has 3 amide bonds. The summed E-state index contributed by atoms with van der Waals surface area (Å²) in [7, 11) is -2.55. The number of benzene rings is 11. The van der Waals surface area contributed by atoms with Gasteiger partial charge in [0.05, 0.1) is 74.9 Å². The number of aromatic nitrogens is 2. The topological polar surface area (TPSA) is 237 Å². The van der Waals surface area contributed by atoms with Gasteiger partial charge in [0.2, 0.25) is 5.78 Å². The van der Waals surface area contributed by atoms with Crippen molar-refractivity contribution < 1.29 is 28.1 Å². The maximum atomic E-state index is 11.6. The van der Waals surface area contributed by atoms with Crippen LogP contribution in [0.15, 0.2) is 361 Å². The van der Waals surface area contributed by atoms with Crippen LogP contribution in [0.3, 0.4) is 0 Å². The highest BCUT2D eigenvalue weighted by Gasteiger charge is 2.27. The molecule has 1 unspecified atom stereocenters. The fourth-order valence-corrected chi connectivity index (χ4v) is 13.7. The number of amides is 3. The van der Waals surface area contributed by atoms with Gasteiger partial charge in [0, 0.05) is 46.3 Å². The zero-order valence-electron chi connectivity index (χ0n) is 96.1. The van der Waals surface area contributed by atoms with Crippen LogP contribution in [0.5, 0.6) is 5.75 Å². The number of hydrogen-bond donors (Lipinski definition) is 9. The van der Waals surface area contributed by atoms with E-state index in [0.29, 0.717) is 33.2 Å². The van der Waals surface area contributed by atoms with E-state index in [1.54, 1.807) is 66.4 Å². The van der Waals surface area contributed by atoms with Crippen molar-refractivity contribution in [2.24, 2.45) is 0 Å². The van der Waals surface area contributed by atoms with E-state index in [1.165, 1.54) is 54.9 Å². The third kappa shape index (κ3) is 57.7. The second-order valence-electron chi connectivity index (χ2n) is 23.1. The Morgan fingerprint density at radius 2 is 0.681 bits per heavy atom. The van der Waals surface area contributed by atoms with Gasteiger partial charge >= 0.3 is 0 Å². The first-order valence-electron chi connectivity index (χ1n) is 52.4. The molecule has 1 atom stereocenters. The number of hydrogen-bond acceptors (Lipinski definition) is 16. The monoisotopic (exact) mass is 2030 g/mol. The number of ketones is 1. The highest BCUT2D eigenvalue weighted by Crippen LogP contribution is 2.39. The highest BCUT2D eigenvalue weighted by molar-refractivity contribution is 8.03. The average Bonchev–Trinajstić information content (AvgIpc) is 1.63. The van der Waals surface area contributed by atoms with Crippen LogP contribution in [0.1, 0.15) is 324 Å². The van der Waals surface area contributed by atoms with E-state index in [1.807, 2.05) is 417 Å². The highest BCUT2D eigenvalue weighted by atomic mass is 32.2. The summed E-state index contributed by atoms with van der Waals surface area (Å²) in [6, 6.07) is 87.6. The van der Waals surface area contributed by atoms with E-state index in [-0.39, 0.29) is 29.1 Å². The number of fused-ring (bicyclic) bond motifs is 10. The van der Waals surface area contributed by atoms with Crippen molar-refractivity contribution in [3.05, 3.63) is 385 Å². The minimum absolute atomic E-state index is 0.000556. The molecule has 9 heterocycles. The average molecular weight is 2030 g/mol. The van der Waals surface area contributed by atoms with Crippen molar-refractivity contribution in [2.45, 2.75) is 293 Å². The van der Waals surface area contributed by atoms with Crippen molar-refractivity contribution in [2.75, 3.05) is 31.9 Å². The molecule has 20 heteroatoms. The van der Waals surface area contributed by atoms with Gasteiger partial charge in [0.15, 0.2) is 11.6 Å². The number of para-hydroxylation sites is 7. The third-order valence-electron chi connectivity index (χ3n) is 15.7. The number of carbonyl (C=O) groups is 4. The van der Waals surface area contributed by atoms with Gasteiger partial charge in [-0.25, -0.2) is 4.21 Å². The first-order valence-corrected chi connectivity index (χ1v) is 55.7. The molecule has 11 aromatic carbocycles. The number of rotatable bonds is 0. The molecule has 796 valence electrons. The first-order chi connectivity index (χ1) is 70.4. The minimum Gasteiger partial charge on any atom is -0.440 e. The van der Waals surface area contributed by atoms with Crippen molar-refractivity contribution >= 4 is 128 Å². The molecule has 9 N–H and O–H groups in total. The zero-order chi connectivity index (χ0) is 113. The zero-order valence-corrected chi connectivity index (χ0v) is 98.6. The van der Waals surface area contributed by atoms with Crippen LogP contribution in [0.25, 0.3) is 31.6 Å². The first kappa shape index (κ1) is 151. The second-order valence-corrected chi connectivity index (χ2v) is 27.1. The Labute approximate surface area is 884 Å². The number of aromatic amines is 1. The predicted octanol–water partition coefficient (Wildman–Crippen LogP) is 38.8. The molecule has 0 saturated heterocycles. The van der Waals surface area contributed by atoms with Gasteiger partial charge in [-0.3, -0.25) is 43.4 Å². The minimum atomic E-state index is -2.55. The third-order valence-corrected chi connectivity index (χ3v) is 19.1. The standard InChI is InChI=1S/C10H8.C9H7NO.C9H9N.C9H7N.C8H8N2.C8H7NO2S.C8H5NO2.C8H7NO.C8H7NS.C7H5NOS.20C2H6/c1-2-6-10-8-4-3-7-9(10)5-1;1-6-9(11)7-4-2-3-5-8(7)10-6;1-7-6-8-4-2-3-5-9(8)10-7;1-2-4-9-7-10-6-5-8(9)3-1;1-6-9-7-4-2-3-5-8(7)10-6;1-12(11)7-5-3-2-4-6(7)8(10)9-12;10-7-5-3-1-2-4-6(5)8(11)9-7;2*1-6-9-7-4-2-3-5-8(7)10-6;9-7-5-3-1-2-4-6(5)10-8-7;20*1-2/h1-8H;2-5,10H,1H2;2-5,10H,1,6H2;1-7H;2-5,9-10H,1H2;2-5H,1H2,(H,9,10,11);1-4H,(H,9,10,11);2*2-5,9H,1H2;1-4H,(H,8,9);20*1-2H3. The smallest absolute Gasteiger partial charge is 0.265 e. The fourth-order valence-electron chi connectivity index (χ4n) is 10.8. The molecule has 7 aliphatic rings. The molecule has 17 nitrogen and oxygen atoms in total. The molecule has 0 bridgehead atoms. The number of allylic oxidation sites excluding steroid dienone is 2. The van der Waals surface area contributed by atoms with Gasteiger partial charge in [-0.15, -0.1) is 0 Å². The Morgan fingerprint density at radius 3 is 1.10 bits per heavy atom. The largest absolute Gasteiger partial charge is 0.440 e. The van der Waals surface area contributed by atoms with Crippen LogP contribution in [0.4, 0.5) is 34.1 Å². The number of thioether (sulfide) groups is 1. The van der Waals surface area contributed by atoms with E-state index >= 15 is 0 Å². The summed E-state index contributed by atoms with van der Waals surface area (Å²) in [5.41, 5.74) is 11.5. The maximum absolute atomic E-state index is 11.6. The SMILES string of the molecule is C=C1Cc2ccccc2N1.C=C1Nc2ccccc2C1=O.C=C1Nc2ccccc2N1.C=C1Nc2ccccc2O1.C=C1Nc2ccccc2S1.C=S1(=O)NC(=O)c2ccccc21.CC.CC.CC.CC.CC.CC.CC.CC.CC.CC.CC.CC.CC.CC.CC.CC.CC.CC.CC.CC.O=C1NC(=O)c2ccccc21.O=c1[nH]sc2ccccc12.c1ccc2ccccc2c1.c1ccc2cnccc2c1. The summed E-state index contributed by atoms with van der Waals surface area (Å²) in [5.74, 6) is 4.86. The van der Waals surface area contributed by atoms with Crippen LogP contribution >= 0.6 is 23.3 Å². The molecule has 144 heavy (non-hydrogen) atoms. The Kier molecular flexibility index (Phi) is 109. The second kappa shape index (κ2) is 104. The molecule has 0 fully saturated rings. The molecule has 2 aromatic heterocycles. The molecule has 0 saturated carbocycles. The summed E-state index contributed by atoms with van der Waals surface area (Å²) in [4.78, 5) is 61.0. The van der Waals surface area contributed by atoms with Crippen molar-refractivity contribution in [1.82, 2.24) is 19.4 Å². The Morgan fingerprint density at radius 1 is 0.319 bits per heavy atom.